The van der Waals surface area contributed by atoms with Crippen molar-refractivity contribution in [3.63, 3.8) is 0 Å². The van der Waals surface area contributed by atoms with Crippen molar-refractivity contribution in [1.29, 1.82) is 0 Å². The van der Waals surface area contributed by atoms with E-state index in [-0.39, 0.29) is 0 Å². The lowest BCUT2D eigenvalue weighted by atomic mass is 9.63. The molecule has 2 rings (SSSR count). The van der Waals surface area contributed by atoms with E-state index in [0.717, 1.165) is 5.41 Å². The van der Waals surface area contributed by atoms with Gasteiger partial charge in [-0.1, -0.05) is 26.7 Å². The lowest BCUT2D eigenvalue weighted by molar-refractivity contribution is 0.0434. The summed E-state index contributed by atoms with van der Waals surface area (Å²) in [7, 11) is 2.24. The maximum Gasteiger partial charge on any atom is -0.00165 e. The van der Waals surface area contributed by atoms with Crippen LogP contribution in [0.15, 0.2) is 0 Å². The summed E-state index contributed by atoms with van der Waals surface area (Å²) < 4.78 is 0. The van der Waals surface area contributed by atoms with Crippen molar-refractivity contribution >= 4 is 0 Å². The van der Waals surface area contributed by atoms with E-state index in [0.29, 0.717) is 0 Å². The Balaban J connectivity index is 0.000000251. The van der Waals surface area contributed by atoms with Gasteiger partial charge in [0.05, 0.1) is 0 Å². The van der Waals surface area contributed by atoms with Crippen LogP contribution in [0.3, 0.4) is 0 Å². The fourth-order valence-corrected chi connectivity index (χ4v) is 2.27. The van der Waals surface area contributed by atoms with Crippen molar-refractivity contribution in [3.05, 3.63) is 0 Å². The quantitative estimate of drug-likeness (QED) is 0.557. The van der Waals surface area contributed by atoms with Gasteiger partial charge in [0.15, 0.2) is 0 Å². The molecular formula is C12H25N. The third kappa shape index (κ3) is 2.98. The first-order valence-electron chi connectivity index (χ1n) is 5.91. The fraction of sp³-hybridized carbons (Fsp3) is 1.00. The number of likely N-dealkylation sites (tertiary alicyclic amines) is 1. The van der Waals surface area contributed by atoms with E-state index in [1.807, 2.05) is 0 Å². The molecule has 1 heterocycles. The molecule has 13 heavy (non-hydrogen) atoms. The molecule has 1 saturated heterocycles. The Morgan fingerprint density at radius 3 is 1.77 bits per heavy atom. The van der Waals surface area contributed by atoms with Crippen LogP contribution in [-0.2, 0) is 0 Å². The molecule has 0 aromatic carbocycles. The summed E-state index contributed by atoms with van der Waals surface area (Å²) in [5.41, 5.74) is 0.840. The zero-order valence-electron chi connectivity index (χ0n) is 9.60. The van der Waals surface area contributed by atoms with Crippen LogP contribution in [0.1, 0.15) is 52.4 Å². The molecule has 0 amide bonds. The summed E-state index contributed by atoms with van der Waals surface area (Å²) in [6, 6.07) is 0. The van der Waals surface area contributed by atoms with Gasteiger partial charge in [-0.3, -0.25) is 0 Å². The van der Waals surface area contributed by atoms with Crippen LogP contribution in [0.2, 0.25) is 0 Å². The summed E-state index contributed by atoms with van der Waals surface area (Å²) >= 11 is 0. The molecule has 1 heteroatoms. The van der Waals surface area contributed by atoms with Crippen molar-refractivity contribution in [1.82, 2.24) is 4.90 Å². The van der Waals surface area contributed by atoms with Crippen LogP contribution >= 0.6 is 0 Å². The van der Waals surface area contributed by atoms with Gasteiger partial charge in [-0.15, -0.1) is 0 Å². The van der Waals surface area contributed by atoms with Crippen LogP contribution < -0.4 is 0 Å². The van der Waals surface area contributed by atoms with Crippen LogP contribution in [0, 0.1) is 5.41 Å². The van der Waals surface area contributed by atoms with Crippen LogP contribution in [0.4, 0.5) is 0 Å². The normalized spacial score (nSPS) is 26.1. The molecular weight excluding hydrogens is 158 g/mol. The highest BCUT2D eigenvalue weighted by molar-refractivity contribution is 4.91. The molecule has 2 aliphatic rings. The van der Waals surface area contributed by atoms with Gasteiger partial charge in [0, 0.05) is 0 Å². The molecule has 1 aliphatic carbocycles. The van der Waals surface area contributed by atoms with Gasteiger partial charge < -0.3 is 4.90 Å². The van der Waals surface area contributed by atoms with E-state index in [1.165, 1.54) is 51.6 Å². The van der Waals surface area contributed by atoms with Crippen molar-refractivity contribution in [3.8, 4) is 0 Å². The predicted molar refractivity (Wildman–Crippen MR) is 59.0 cm³/mol. The van der Waals surface area contributed by atoms with Gasteiger partial charge in [-0.25, -0.2) is 0 Å². The summed E-state index contributed by atoms with van der Waals surface area (Å²) in [5, 5.41) is 0. The summed E-state index contributed by atoms with van der Waals surface area (Å²) in [4.78, 5) is 2.46. The maximum atomic E-state index is 2.46. The van der Waals surface area contributed by atoms with E-state index in [9.17, 15) is 0 Å². The highest BCUT2D eigenvalue weighted by atomic mass is 15.1. The van der Waals surface area contributed by atoms with E-state index < -0.39 is 0 Å². The first-order chi connectivity index (χ1) is 6.22. The standard InChI is InChI=1S/C9H17N.C3H8/c1-10-7-5-9(6-8-10)3-2-4-9;1-3-2/h2-8H2,1H3;3H2,1-2H3. The molecule has 1 spiro atoms. The minimum absolute atomic E-state index is 0.840. The van der Waals surface area contributed by atoms with Crippen molar-refractivity contribution < 1.29 is 0 Å². The van der Waals surface area contributed by atoms with Crippen molar-refractivity contribution in [2.24, 2.45) is 5.41 Å². The topological polar surface area (TPSA) is 3.24 Å². The average Bonchev–Trinajstić information content (AvgIpc) is 2.04. The van der Waals surface area contributed by atoms with Gasteiger partial charge in [-0.2, -0.15) is 0 Å². The minimum Gasteiger partial charge on any atom is -0.306 e. The lowest BCUT2D eigenvalue weighted by Crippen LogP contribution is -2.41. The number of nitrogens with zero attached hydrogens (tertiary/aromatic N) is 1. The second kappa shape index (κ2) is 4.99. The average molecular weight is 183 g/mol. The molecule has 1 saturated carbocycles. The van der Waals surface area contributed by atoms with E-state index in [2.05, 4.69) is 25.8 Å². The molecule has 0 bridgehead atoms. The lowest BCUT2D eigenvalue weighted by Gasteiger charge is -2.47. The minimum atomic E-state index is 0.840. The predicted octanol–water partition coefficient (Wildman–Crippen LogP) is 3.30. The Hall–Kier alpha value is -0.0400. The first-order valence-corrected chi connectivity index (χ1v) is 5.91. The Kier molecular flexibility index (Phi) is 4.24. The third-order valence-corrected chi connectivity index (χ3v) is 3.46. The van der Waals surface area contributed by atoms with Gasteiger partial charge in [0.2, 0.25) is 0 Å². The molecule has 0 atom stereocenters. The van der Waals surface area contributed by atoms with Crippen LogP contribution in [-0.4, -0.2) is 25.0 Å². The van der Waals surface area contributed by atoms with Crippen LogP contribution in [0.25, 0.3) is 0 Å². The van der Waals surface area contributed by atoms with Gasteiger partial charge in [0.25, 0.3) is 0 Å². The molecule has 0 aromatic heterocycles. The van der Waals surface area contributed by atoms with Crippen molar-refractivity contribution in [2.75, 3.05) is 20.1 Å². The Morgan fingerprint density at radius 2 is 1.46 bits per heavy atom. The molecule has 0 aromatic rings. The van der Waals surface area contributed by atoms with E-state index >= 15 is 0 Å². The van der Waals surface area contributed by atoms with Gasteiger partial charge >= 0.3 is 0 Å². The highest BCUT2D eigenvalue weighted by Gasteiger charge is 2.38. The summed E-state index contributed by atoms with van der Waals surface area (Å²) in [6.45, 7) is 6.94. The van der Waals surface area contributed by atoms with Gasteiger partial charge in [-0.05, 0) is 51.2 Å². The number of hydrogen-bond acceptors (Lipinski definition) is 1. The maximum absolute atomic E-state index is 2.46. The molecule has 2 fully saturated rings. The zero-order chi connectivity index (χ0) is 9.73. The van der Waals surface area contributed by atoms with Gasteiger partial charge in [0.1, 0.15) is 0 Å². The monoisotopic (exact) mass is 183 g/mol. The zero-order valence-corrected chi connectivity index (χ0v) is 9.60. The second-order valence-electron chi connectivity index (χ2n) is 4.86. The number of piperidine rings is 1. The second-order valence-corrected chi connectivity index (χ2v) is 4.86. The highest BCUT2D eigenvalue weighted by Crippen LogP contribution is 2.48. The molecule has 78 valence electrons. The fourth-order valence-electron chi connectivity index (χ4n) is 2.27. The van der Waals surface area contributed by atoms with Crippen LogP contribution in [0.5, 0.6) is 0 Å². The Labute approximate surface area is 83.5 Å². The number of rotatable bonds is 0. The SMILES string of the molecule is CCC.CN1CCC2(CCC2)CC1. The molecule has 1 nitrogen and oxygen atoms in total. The smallest absolute Gasteiger partial charge is 0.00165 e. The molecule has 0 radical (unpaired) electrons. The molecule has 1 aliphatic heterocycles. The molecule has 0 unspecified atom stereocenters. The summed E-state index contributed by atoms with van der Waals surface area (Å²) in [5.74, 6) is 0. The van der Waals surface area contributed by atoms with Crippen molar-refractivity contribution in [2.45, 2.75) is 52.4 Å². The summed E-state index contributed by atoms with van der Waals surface area (Å²) in [6.07, 6.45) is 8.76. The Morgan fingerprint density at radius 1 is 1.00 bits per heavy atom. The van der Waals surface area contributed by atoms with E-state index in [4.69, 9.17) is 0 Å². The molecule has 0 N–H and O–H groups in total. The largest absolute Gasteiger partial charge is 0.306 e. The first kappa shape index (κ1) is 11.0. The Bertz CT molecular complexity index is 128. The number of hydrogen-bond donors (Lipinski definition) is 0. The third-order valence-electron chi connectivity index (χ3n) is 3.46. The van der Waals surface area contributed by atoms with E-state index in [1.54, 1.807) is 0 Å².